The molecule has 3 N–H and O–H groups in total. The Bertz CT molecular complexity index is 1040. The summed E-state index contributed by atoms with van der Waals surface area (Å²) in [5, 5.41) is 23.7. The predicted octanol–water partition coefficient (Wildman–Crippen LogP) is 15.5. The maximum atomic E-state index is 13.2. The number of rotatable bonds is 46. The maximum absolute atomic E-state index is 13.2. The van der Waals surface area contributed by atoms with E-state index < -0.39 is 18.2 Å². The van der Waals surface area contributed by atoms with E-state index in [1.54, 1.807) is 0 Å². The topological polar surface area (TPSA) is 95.9 Å². The van der Waals surface area contributed by atoms with Gasteiger partial charge in [0.1, 0.15) is 6.10 Å². The molecule has 0 radical (unpaired) electrons. The summed E-state index contributed by atoms with van der Waals surface area (Å²) in [5.74, 6) is -0.494. The summed E-state index contributed by atoms with van der Waals surface area (Å²) in [6.45, 7) is 6.34. The molecule has 0 rings (SSSR count). The summed E-state index contributed by atoms with van der Waals surface area (Å²) in [7, 11) is 0. The molecule has 6 heteroatoms. The van der Waals surface area contributed by atoms with Crippen molar-refractivity contribution in [1.82, 2.24) is 5.32 Å². The van der Waals surface area contributed by atoms with Gasteiger partial charge in [-0.2, -0.15) is 0 Å². The van der Waals surface area contributed by atoms with E-state index in [1.807, 2.05) is 0 Å². The van der Waals surface area contributed by atoms with Gasteiger partial charge in [0.2, 0.25) is 5.91 Å². The maximum Gasteiger partial charge on any atom is 0.306 e. The SMILES string of the molecule is CC/C=C/C=C/C=C/CCCCCCCC(CC(=O)NC(CO)C(O)CCCCCCCCCCCCC)OC(=O)CCCCCCCCC/C=C/CCCCCCCC. The predicted molar refractivity (Wildman–Crippen MR) is 259 cm³/mol. The number of ether oxygens (including phenoxy) is 1. The molecule has 0 fully saturated rings. The van der Waals surface area contributed by atoms with E-state index in [0.29, 0.717) is 19.3 Å². The van der Waals surface area contributed by atoms with Crippen molar-refractivity contribution in [2.24, 2.45) is 0 Å². The number of hydrogen-bond donors (Lipinski definition) is 3. The lowest BCUT2D eigenvalue weighted by Crippen LogP contribution is -2.46. The zero-order valence-corrected chi connectivity index (χ0v) is 39.8. The second-order valence-corrected chi connectivity index (χ2v) is 17.6. The molecule has 0 spiro atoms. The standard InChI is InChI=1S/C54H99NO5/c1-4-7-10-13-16-19-22-24-25-26-27-29-32-35-38-41-44-47-54(59)60-50(45-42-39-36-33-31-28-23-20-17-14-11-8-5-2)48-53(58)55-51(49-56)52(57)46-43-40-37-34-30-21-18-15-12-9-6-3/h8,11,14,17,20,23-25,50-52,56-57H,4-7,9-10,12-13,15-16,18-19,21-22,26-49H2,1-3H3,(H,55,58)/b11-8+,17-14+,23-20+,25-24+. The van der Waals surface area contributed by atoms with Crippen LogP contribution < -0.4 is 5.32 Å². The minimum Gasteiger partial charge on any atom is -0.462 e. The van der Waals surface area contributed by atoms with Crippen molar-refractivity contribution in [3.63, 3.8) is 0 Å². The molecule has 0 heterocycles. The van der Waals surface area contributed by atoms with Crippen LogP contribution in [0.15, 0.2) is 48.6 Å². The first-order valence-corrected chi connectivity index (χ1v) is 25.9. The molecule has 3 atom stereocenters. The van der Waals surface area contributed by atoms with Gasteiger partial charge in [-0.25, -0.2) is 0 Å². The highest BCUT2D eigenvalue weighted by molar-refractivity contribution is 5.77. The van der Waals surface area contributed by atoms with E-state index in [9.17, 15) is 19.8 Å². The van der Waals surface area contributed by atoms with Crippen LogP contribution in [0.1, 0.15) is 258 Å². The van der Waals surface area contributed by atoms with Crippen molar-refractivity contribution in [3.05, 3.63) is 48.6 Å². The first-order chi connectivity index (χ1) is 29.5. The second kappa shape index (κ2) is 47.9. The molecular formula is C54H99NO5. The Morgan fingerprint density at radius 1 is 0.500 bits per heavy atom. The minimum absolute atomic E-state index is 0.0629. The van der Waals surface area contributed by atoms with E-state index in [2.05, 4.69) is 74.7 Å². The lowest BCUT2D eigenvalue weighted by atomic mass is 10.0. The van der Waals surface area contributed by atoms with Crippen LogP contribution >= 0.6 is 0 Å². The third-order valence-corrected chi connectivity index (χ3v) is 11.7. The number of esters is 1. The Morgan fingerprint density at radius 3 is 1.40 bits per heavy atom. The highest BCUT2D eigenvalue weighted by Gasteiger charge is 2.24. The van der Waals surface area contributed by atoms with Crippen LogP contribution in [0.5, 0.6) is 0 Å². The van der Waals surface area contributed by atoms with Crippen molar-refractivity contribution in [1.29, 1.82) is 0 Å². The Morgan fingerprint density at radius 2 is 0.917 bits per heavy atom. The van der Waals surface area contributed by atoms with Crippen LogP contribution in [-0.4, -0.2) is 46.9 Å². The Labute approximate surface area is 372 Å². The lowest BCUT2D eigenvalue weighted by molar-refractivity contribution is -0.151. The average Bonchev–Trinajstić information content (AvgIpc) is 3.24. The molecule has 0 saturated carbocycles. The van der Waals surface area contributed by atoms with E-state index in [0.717, 1.165) is 83.5 Å². The molecule has 0 aromatic carbocycles. The Hall–Kier alpha value is -2.18. The van der Waals surface area contributed by atoms with Gasteiger partial charge in [-0.15, -0.1) is 0 Å². The number of unbranched alkanes of at least 4 members (excludes halogenated alkanes) is 28. The quantitative estimate of drug-likeness (QED) is 0.0246. The van der Waals surface area contributed by atoms with Gasteiger partial charge in [0, 0.05) is 6.42 Å². The molecule has 3 unspecified atom stereocenters. The molecule has 1 amide bonds. The number of allylic oxidation sites excluding steroid dienone is 8. The first kappa shape index (κ1) is 57.8. The van der Waals surface area contributed by atoms with E-state index in [-0.39, 0.29) is 24.9 Å². The van der Waals surface area contributed by atoms with Gasteiger partial charge in [-0.05, 0) is 70.6 Å². The zero-order chi connectivity index (χ0) is 43.8. The van der Waals surface area contributed by atoms with Crippen molar-refractivity contribution in [3.8, 4) is 0 Å². The molecule has 60 heavy (non-hydrogen) atoms. The third-order valence-electron chi connectivity index (χ3n) is 11.7. The monoisotopic (exact) mass is 842 g/mol. The van der Waals surface area contributed by atoms with Gasteiger partial charge < -0.3 is 20.3 Å². The molecule has 0 aliphatic rings. The van der Waals surface area contributed by atoms with Crippen LogP contribution in [0.3, 0.4) is 0 Å². The van der Waals surface area contributed by atoms with Crippen molar-refractivity contribution in [2.75, 3.05) is 6.61 Å². The van der Waals surface area contributed by atoms with E-state index >= 15 is 0 Å². The minimum atomic E-state index is -0.793. The molecular weight excluding hydrogens is 743 g/mol. The van der Waals surface area contributed by atoms with Crippen LogP contribution in [0.4, 0.5) is 0 Å². The highest BCUT2D eigenvalue weighted by Crippen LogP contribution is 2.18. The fourth-order valence-corrected chi connectivity index (χ4v) is 7.78. The van der Waals surface area contributed by atoms with E-state index in [1.165, 1.54) is 128 Å². The summed E-state index contributed by atoms with van der Waals surface area (Å²) >= 11 is 0. The molecule has 6 nitrogen and oxygen atoms in total. The largest absolute Gasteiger partial charge is 0.462 e. The molecule has 0 bridgehead atoms. The normalized spacial score (nSPS) is 13.6. The van der Waals surface area contributed by atoms with Gasteiger partial charge in [0.15, 0.2) is 0 Å². The Kier molecular flexibility index (Phi) is 46.1. The fourth-order valence-electron chi connectivity index (χ4n) is 7.78. The summed E-state index contributed by atoms with van der Waals surface area (Å²) < 4.78 is 5.93. The first-order valence-electron chi connectivity index (χ1n) is 25.9. The number of amides is 1. The van der Waals surface area contributed by atoms with Crippen molar-refractivity contribution >= 4 is 11.9 Å². The van der Waals surface area contributed by atoms with Gasteiger partial charge in [-0.1, -0.05) is 223 Å². The smallest absolute Gasteiger partial charge is 0.306 e. The molecule has 0 aliphatic heterocycles. The molecule has 0 aromatic heterocycles. The van der Waals surface area contributed by atoms with Gasteiger partial charge in [-0.3, -0.25) is 9.59 Å². The average molecular weight is 842 g/mol. The van der Waals surface area contributed by atoms with E-state index in [4.69, 9.17) is 4.74 Å². The summed E-state index contributed by atoms with van der Waals surface area (Å²) in [4.78, 5) is 26.1. The molecule has 0 aromatic rings. The number of carbonyl (C=O) groups excluding carboxylic acids is 2. The molecule has 0 aliphatic carbocycles. The zero-order valence-electron chi connectivity index (χ0n) is 39.8. The lowest BCUT2D eigenvalue weighted by Gasteiger charge is -2.24. The summed E-state index contributed by atoms with van der Waals surface area (Å²) in [6.07, 6.45) is 57.4. The van der Waals surface area contributed by atoms with Crippen LogP contribution in [-0.2, 0) is 14.3 Å². The summed E-state index contributed by atoms with van der Waals surface area (Å²) in [6, 6.07) is -0.708. The fraction of sp³-hybridized carbons (Fsp3) is 0.815. The number of aliphatic hydroxyl groups excluding tert-OH is 2. The van der Waals surface area contributed by atoms with Gasteiger partial charge >= 0.3 is 5.97 Å². The molecule has 350 valence electrons. The summed E-state index contributed by atoms with van der Waals surface area (Å²) in [5.41, 5.74) is 0. The number of aliphatic hydroxyl groups is 2. The molecule has 0 saturated heterocycles. The number of hydrogen-bond acceptors (Lipinski definition) is 5. The number of nitrogens with one attached hydrogen (secondary N) is 1. The van der Waals surface area contributed by atoms with Crippen LogP contribution in [0.25, 0.3) is 0 Å². The van der Waals surface area contributed by atoms with Gasteiger partial charge in [0.25, 0.3) is 0 Å². The Balaban J connectivity index is 4.57. The number of carbonyl (C=O) groups is 2. The van der Waals surface area contributed by atoms with Gasteiger partial charge in [0.05, 0.1) is 25.2 Å². The van der Waals surface area contributed by atoms with Crippen LogP contribution in [0, 0.1) is 0 Å². The second-order valence-electron chi connectivity index (χ2n) is 17.6. The van der Waals surface area contributed by atoms with Crippen LogP contribution in [0.2, 0.25) is 0 Å². The van der Waals surface area contributed by atoms with Crippen molar-refractivity contribution in [2.45, 2.75) is 277 Å². The van der Waals surface area contributed by atoms with Crippen molar-refractivity contribution < 1.29 is 24.5 Å². The highest BCUT2D eigenvalue weighted by atomic mass is 16.5. The third kappa shape index (κ3) is 42.5.